The van der Waals surface area contributed by atoms with Crippen LogP contribution in [0.4, 0.5) is 0 Å². The third-order valence-corrected chi connectivity index (χ3v) is 3.94. The Morgan fingerprint density at radius 3 is 2.62 bits per heavy atom. The number of aliphatic hydroxyl groups is 1. The van der Waals surface area contributed by atoms with Crippen molar-refractivity contribution in [1.29, 1.82) is 0 Å². The molecule has 3 nitrogen and oxygen atoms in total. The van der Waals surface area contributed by atoms with Crippen molar-refractivity contribution in [2.75, 3.05) is 19.8 Å². The molecule has 1 heterocycles. The van der Waals surface area contributed by atoms with Crippen LogP contribution in [0.5, 0.6) is 0 Å². The van der Waals surface area contributed by atoms with Crippen LogP contribution in [0.3, 0.4) is 0 Å². The molecule has 3 rings (SSSR count). The fraction of sp³-hybridized carbons (Fsp3) is 1.00. The normalized spacial score (nSPS) is 46.4. The molecule has 0 unspecified atom stereocenters. The van der Waals surface area contributed by atoms with Crippen molar-refractivity contribution in [3.63, 3.8) is 0 Å². The molecule has 2 aliphatic carbocycles. The van der Waals surface area contributed by atoms with Gasteiger partial charge >= 0.3 is 0 Å². The first-order valence-corrected chi connectivity index (χ1v) is 5.23. The van der Waals surface area contributed by atoms with E-state index in [2.05, 4.69) is 0 Å². The second-order valence-electron chi connectivity index (χ2n) is 4.60. The van der Waals surface area contributed by atoms with Crippen LogP contribution in [-0.4, -0.2) is 30.7 Å². The largest absolute Gasteiger partial charge is 0.396 e. The zero-order valence-electron chi connectivity index (χ0n) is 7.74. The first-order valence-electron chi connectivity index (χ1n) is 5.23. The van der Waals surface area contributed by atoms with Gasteiger partial charge in [-0.2, -0.15) is 0 Å². The molecule has 0 aromatic heterocycles. The Labute approximate surface area is 78.0 Å². The van der Waals surface area contributed by atoms with E-state index in [0.717, 1.165) is 25.6 Å². The van der Waals surface area contributed by atoms with Gasteiger partial charge in [0.1, 0.15) is 0 Å². The molecule has 3 heteroatoms. The molecular weight excluding hydrogens is 168 g/mol. The second-order valence-corrected chi connectivity index (χ2v) is 4.60. The van der Waals surface area contributed by atoms with E-state index in [1.807, 2.05) is 0 Å². The Morgan fingerprint density at radius 1 is 1.23 bits per heavy atom. The summed E-state index contributed by atoms with van der Waals surface area (Å²) in [6.07, 6.45) is 3.44. The number of hydrogen-bond donors (Lipinski definition) is 1. The number of ether oxygens (including phenoxy) is 2. The van der Waals surface area contributed by atoms with E-state index in [4.69, 9.17) is 9.47 Å². The highest BCUT2D eigenvalue weighted by molar-refractivity contribution is 5.02. The van der Waals surface area contributed by atoms with Crippen LogP contribution in [0, 0.1) is 17.8 Å². The zero-order valence-corrected chi connectivity index (χ0v) is 7.74. The summed E-state index contributed by atoms with van der Waals surface area (Å²) in [5.41, 5.74) is 0. The summed E-state index contributed by atoms with van der Waals surface area (Å²) in [6.45, 7) is 1.78. The van der Waals surface area contributed by atoms with Crippen LogP contribution < -0.4 is 0 Å². The second kappa shape index (κ2) is 2.69. The van der Waals surface area contributed by atoms with Crippen LogP contribution in [0.15, 0.2) is 0 Å². The molecule has 2 saturated carbocycles. The smallest absolute Gasteiger partial charge is 0.171 e. The van der Waals surface area contributed by atoms with Crippen LogP contribution in [0.2, 0.25) is 0 Å². The minimum absolute atomic E-state index is 0.281. The maximum Gasteiger partial charge on any atom is 0.171 e. The molecule has 3 aliphatic rings. The Balaban J connectivity index is 1.84. The average molecular weight is 184 g/mol. The third-order valence-electron chi connectivity index (χ3n) is 3.94. The van der Waals surface area contributed by atoms with Crippen LogP contribution in [0.1, 0.15) is 19.3 Å². The summed E-state index contributed by atoms with van der Waals surface area (Å²) in [4.78, 5) is 0. The van der Waals surface area contributed by atoms with Crippen molar-refractivity contribution in [2.45, 2.75) is 25.0 Å². The Hall–Kier alpha value is -0.120. The van der Waals surface area contributed by atoms with Gasteiger partial charge in [-0.05, 0) is 24.7 Å². The zero-order chi connectivity index (χ0) is 8.89. The molecule has 1 N–H and O–H groups in total. The van der Waals surface area contributed by atoms with E-state index < -0.39 is 0 Å². The Bertz CT molecular complexity index is 210. The van der Waals surface area contributed by atoms with E-state index >= 15 is 0 Å². The van der Waals surface area contributed by atoms with Crippen molar-refractivity contribution < 1.29 is 14.6 Å². The molecule has 0 aromatic rings. The summed E-state index contributed by atoms with van der Waals surface area (Å²) >= 11 is 0. The van der Waals surface area contributed by atoms with E-state index in [0.29, 0.717) is 18.4 Å². The summed E-state index contributed by atoms with van der Waals surface area (Å²) in [7, 11) is 0. The molecule has 0 radical (unpaired) electrons. The Morgan fingerprint density at radius 2 is 2.00 bits per heavy atom. The predicted molar refractivity (Wildman–Crippen MR) is 46.0 cm³/mol. The monoisotopic (exact) mass is 184 g/mol. The topological polar surface area (TPSA) is 38.7 Å². The van der Waals surface area contributed by atoms with E-state index in [1.54, 1.807) is 0 Å². The van der Waals surface area contributed by atoms with Gasteiger partial charge in [-0.15, -0.1) is 0 Å². The SMILES string of the molecule is OC[C@@H]1C[C@@H]2C[C@H]1C1(C2)OCCO1. The number of rotatable bonds is 1. The van der Waals surface area contributed by atoms with Gasteiger partial charge < -0.3 is 14.6 Å². The molecular formula is C10H16O3. The van der Waals surface area contributed by atoms with Crippen LogP contribution in [-0.2, 0) is 9.47 Å². The Kier molecular flexibility index (Phi) is 1.70. The van der Waals surface area contributed by atoms with Gasteiger partial charge in [0.05, 0.1) is 13.2 Å². The fourth-order valence-electron chi connectivity index (χ4n) is 3.50. The molecule has 3 atom stereocenters. The number of fused-ring (bicyclic) bond motifs is 3. The van der Waals surface area contributed by atoms with Gasteiger partial charge in [-0.3, -0.25) is 0 Å². The summed E-state index contributed by atoms with van der Waals surface area (Å²) in [5.74, 6) is 1.35. The lowest BCUT2D eigenvalue weighted by Crippen LogP contribution is -2.41. The minimum atomic E-state index is -0.281. The van der Waals surface area contributed by atoms with Crippen molar-refractivity contribution in [1.82, 2.24) is 0 Å². The molecule has 0 aromatic carbocycles. The molecule has 3 fully saturated rings. The third kappa shape index (κ3) is 1.01. The van der Waals surface area contributed by atoms with Gasteiger partial charge in [-0.1, -0.05) is 0 Å². The quantitative estimate of drug-likeness (QED) is 0.654. The lowest BCUT2D eigenvalue weighted by atomic mass is 9.84. The van der Waals surface area contributed by atoms with Crippen molar-refractivity contribution in [2.24, 2.45) is 17.8 Å². The maximum atomic E-state index is 9.22. The van der Waals surface area contributed by atoms with E-state index in [1.165, 1.54) is 12.8 Å². The van der Waals surface area contributed by atoms with Crippen molar-refractivity contribution >= 4 is 0 Å². The summed E-state index contributed by atoms with van der Waals surface area (Å²) < 4.78 is 11.5. The summed E-state index contributed by atoms with van der Waals surface area (Å²) in [6, 6.07) is 0. The van der Waals surface area contributed by atoms with E-state index in [-0.39, 0.29) is 5.79 Å². The van der Waals surface area contributed by atoms with E-state index in [9.17, 15) is 5.11 Å². The molecule has 74 valence electrons. The van der Waals surface area contributed by atoms with Gasteiger partial charge in [0.25, 0.3) is 0 Å². The number of hydrogen-bond acceptors (Lipinski definition) is 3. The predicted octanol–water partition coefficient (Wildman–Crippen LogP) is 0.768. The highest BCUT2D eigenvalue weighted by Crippen LogP contribution is 2.56. The molecule has 13 heavy (non-hydrogen) atoms. The minimum Gasteiger partial charge on any atom is -0.396 e. The first-order chi connectivity index (χ1) is 6.34. The molecule has 1 saturated heterocycles. The molecule has 2 bridgehead atoms. The maximum absolute atomic E-state index is 9.22. The van der Waals surface area contributed by atoms with Gasteiger partial charge in [0.15, 0.2) is 5.79 Å². The highest BCUT2D eigenvalue weighted by Gasteiger charge is 2.58. The van der Waals surface area contributed by atoms with Gasteiger partial charge in [-0.25, -0.2) is 0 Å². The summed E-state index contributed by atoms with van der Waals surface area (Å²) in [5, 5.41) is 9.22. The van der Waals surface area contributed by atoms with Gasteiger partial charge in [0, 0.05) is 18.9 Å². The fourth-order valence-corrected chi connectivity index (χ4v) is 3.50. The standard InChI is InChI=1S/C10H16O3/c11-6-8-3-7-4-9(8)10(5-7)12-1-2-13-10/h7-9,11H,1-6H2/t7-,8+,9-/m1/s1. The molecule has 0 amide bonds. The average Bonchev–Trinajstić information content (AvgIpc) is 2.80. The van der Waals surface area contributed by atoms with Crippen molar-refractivity contribution in [3.05, 3.63) is 0 Å². The lowest BCUT2D eigenvalue weighted by molar-refractivity contribution is -0.204. The van der Waals surface area contributed by atoms with Crippen LogP contribution >= 0.6 is 0 Å². The first kappa shape index (κ1) is 8.21. The lowest BCUT2D eigenvalue weighted by Gasteiger charge is -2.35. The van der Waals surface area contributed by atoms with Gasteiger partial charge in [0.2, 0.25) is 0 Å². The van der Waals surface area contributed by atoms with Crippen LogP contribution in [0.25, 0.3) is 0 Å². The van der Waals surface area contributed by atoms with Crippen molar-refractivity contribution in [3.8, 4) is 0 Å². The molecule has 1 aliphatic heterocycles. The highest BCUT2D eigenvalue weighted by atomic mass is 16.7. The number of aliphatic hydroxyl groups excluding tert-OH is 1. The molecule has 1 spiro atoms.